The Morgan fingerprint density at radius 2 is 1.76 bits per heavy atom. The number of thiophene rings is 1. The lowest BCUT2D eigenvalue weighted by Gasteiger charge is -2.42. The second-order valence-electron chi connectivity index (χ2n) is 13.0. The number of ether oxygens (including phenoxy) is 1. The van der Waals surface area contributed by atoms with E-state index in [4.69, 9.17) is 20.0 Å². The molecule has 1 aliphatic carbocycles. The van der Waals surface area contributed by atoms with Gasteiger partial charge < -0.3 is 29.7 Å². The number of hydrogen-bond donors (Lipinski definition) is 1. The van der Waals surface area contributed by atoms with E-state index < -0.39 is 5.41 Å². The molecule has 0 saturated carbocycles. The van der Waals surface area contributed by atoms with Crippen molar-refractivity contribution >= 4 is 33.6 Å². The Hall–Kier alpha value is -3.92. The molecule has 7 rings (SSSR count). The van der Waals surface area contributed by atoms with E-state index in [-0.39, 0.29) is 5.91 Å². The van der Waals surface area contributed by atoms with Crippen LogP contribution >= 0.6 is 11.3 Å². The van der Waals surface area contributed by atoms with Gasteiger partial charge in [-0.05, 0) is 63.3 Å². The molecule has 1 atom stereocenters. The summed E-state index contributed by atoms with van der Waals surface area (Å²) >= 11 is 1.50. The van der Waals surface area contributed by atoms with Crippen LogP contribution < -0.4 is 15.5 Å². The molecule has 4 aliphatic rings. The first-order valence-electron chi connectivity index (χ1n) is 16.4. The molecule has 11 nitrogen and oxygen atoms in total. The Labute approximate surface area is 274 Å². The largest absolute Gasteiger partial charge is 0.389 e. The zero-order valence-corrected chi connectivity index (χ0v) is 27.4. The normalized spacial score (nSPS) is 22.8. The average Bonchev–Trinajstić information content (AvgIpc) is 3.74. The van der Waals surface area contributed by atoms with Crippen LogP contribution in [0.15, 0.2) is 35.4 Å². The lowest BCUT2D eigenvalue weighted by Crippen LogP contribution is -2.51. The highest BCUT2D eigenvalue weighted by molar-refractivity contribution is 7.16. The van der Waals surface area contributed by atoms with Gasteiger partial charge in [-0.3, -0.25) is 9.69 Å². The third kappa shape index (κ3) is 5.65. The van der Waals surface area contributed by atoms with E-state index in [0.717, 1.165) is 112 Å². The molecule has 2 aromatic heterocycles. The number of aromatic nitrogens is 2. The number of nitrogen functional groups attached to an aromatic ring is 1. The van der Waals surface area contributed by atoms with E-state index in [0.29, 0.717) is 41.4 Å². The van der Waals surface area contributed by atoms with Crippen LogP contribution in [0, 0.1) is 11.3 Å². The number of benzene rings is 1. The predicted molar refractivity (Wildman–Crippen MR) is 179 cm³/mol. The minimum atomic E-state index is -0.576. The molecule has 3 saturated heterocycles. The van der Waals surface area contributed by atoms with Crippen LogP contribution in [-0.4, -0.2) is 97.5 Å². The van der Waals surface area contributed by atoms with Crippen molar-refractivity contribution in [1.82, 2.24) is 19.9 Å². The Morgan fingerprint density at radius 3 is 2.41 bits per heavy atom. The molecule has 1 unspecified atom stereocenters. The lowest BCUT2D eigenvalue weighted by atomic mass is 9.72. The molecule has 0 bridgehead atoms. The van der Waals surface area contributed by atoms with Gasteiger partial charge in [0.15, 0.2) is 0 Å². The highest BCUT2D eigenvalue weighted by atomic mass is 32.1. The van der Waals surface area contributed by atoms with Crippen LogP contribution in [0.5, 0.6) is 0 Å². The SMILES string of the molecule is C=CC(=O)N1CCN(c2cc(-c3noc(C4(C)CCCc5sc(N)c(C#N)c54)n3)cc(N3CCN(C4CCOCC4)CC3)c2)CC1. The molecule has 3 fully saturated rings. The minimum absolute atomic E-state index is 0.0258. The Kier molecular flexibility index (Phi) is 8.48. The van der Waals surface area contributed by atoms with Crippen LogP contribution in [0.1, 0.15) is 54.5 Å². The zero-order valence-electron chi connectivity index (χ0n) is 26.5. The molecule has 3 aromatic rings. The van der Waals surface area contributed by atoms with E-state index in [1.54, 1.807) is 0 Å². The Morgan fingerprint density at radius 1 is 1.09 bits per heavy atom. The van der Waals surface area contributed by atoms with Crippen LogP contribution in [0.2, 0.25) is 0 Å². The van der Waals surface area contributed by atoms with Gasteiger partial charge in [0.05, 0.1) is 11.0 Å². The second-order valence-corrected chi connectivity index (χ2v) is 14.1. The number of nitriles is 1. The van der Waals surface area contributed by atoms with Crippen LogP contribution in [0.3, 0.4) is 0 Å². The van der Waals surface area contributed by atoms with E-state index in [9.17, 15) is 10.1 Å². The first-order valence-corrected chi connectivity index (χ1v) is 17.2. The molecule has 3 aliphatic heterocycles. The molecular weight excluding hydrogens is 600 g/mol. The number of fused-ring (bicyclic) bond motifs is 1. The van der Waals surface area contributed by atoms with Crippen molar-refractivity contribution in [2.75, 3.05) is 81.1 Å². The number of hydrogen-bond acceptors (Lipinski definition) is 11. The highest BCUT2D eigenvalue weighted by Gasteiger charge is 2.43. The molecule has 2 N–H and O–H groups in total. The third-order valence-electron chi connectivity index (χ3n) is 10.3. The highest BCUT2D eigenvalue weighted by Crippen LogP contribution is 2.48. The number of piperazine rings is 2. The summed E-state index contributed by atoms with van der Waals surface area (Å²) in [5.41, 5.74) is 10.3. The number of rotatable bonds is 6. The summed E-state index contributed by atoms with van der Waals surface area (Å²) in [7, 11) is 0. The van der Waals surface area contributed by atoms with Gasteiger partial charge in [-0.2, -0.15) is 10.2 Å². The summed E-state index contributed by atoms with van der Waals surface area (Å²) < 4.78 is 11.6. The summed E-state index contributed by atoms with van der Waals surface area (Å²) in [6.07, 6.45) is 6.28. The number of aryl methyl sites for hydroxylation is 1. The van der Waals surface area contributed by atoms with Crippen LogP contribution in [0.25, 0.3) is 11.4 Å². The molecule has 242 valence electrons. The smallest absolute Gasteiger partial charge is 0.246 e. The first-order chi connectivity index (χ1) is 22.4. The maximum Gasteiger partial charge on any atom is 0.246 e. The Balaban J connectivity index is 1.19. The van der Waals surface area contributed by atoms with Gasteiger partial charge in [-0.15, -0.1) is 11.3 Å². The summed E-state index contributed by atoms with van der Waals surface area (Å²) in [5, 5.41) is 15.0. The average molecular weight is 643 g/mol. The van der Waals surface area contributed by atoms with E-state index in [2.05, 4.69) is 57.6 Å². The topological polar surface area (TPSA) is 128 Å². The summed E-state index contributed by atoms with van der Waals surface area (Å²) in [6, 6.07) is 9.52. The third-order valence-corrected chi connectivity index (χ3v) is 11.4. The number of nitrogens with two attached hydrogens (primary N) is 1. The van der Waals surface area contributed by atoms with Crippen molar-refractivity contribution in [3.05, 3.63) is 52.7 Å². The zero-order chi connectivity index (χ0) is 31.8. The van der Waals surface area contributed by atoms with Crippen LogP contribution in [-0.2, 0) is 21.4 Å². The van der Waals surface area contributed by atoms with Crippen molar-refractivity contribution in [2.45, 2.75) is 50.5 Å². The van der Waals surface area contributed by atoms with E-state index in [1.165, 1.54) is 17.4 Å². The summed E-state index contributed by atoms with van der Waals surface area (Å²) in [5.74, 6) is 1.03. The summed E-state index contributed by atoms with van der Waals surface area (Å²) in [6.45, 7) is 14.1. The predicted octanol–water partition coefficient (Wildman–Crippen LogP) is 4.03. The van der Waals surface area contributed by atoms with Gasteiger partial charge in [-0.25, -0.2) is 0 Å². The molecular formula is C34H42N8O3S. The van der Waals surface area contributed by atoms with Gasteiger partial charge in [0.25, 0.3) is 0 Å². The number of amides is 1. The minimum Gasteiger partial charge on any atom is -0.389 e. The van der Waals surface area contributed by atoms with E-state index >= 15 is 0 Å². The summed E-state index contributed by atoms with van der Waals surface area (Å²) in [4.78, 5) is 27.7. The number of nitrogens with zero attached hydrogens (tertiary/aromatic N) is 7. The molecule has 46 heavy (non-hydrogen) atoms. The van der Waals surface area contributed by atoms with Crippen molar-refractivity contribution in [3.63, 3.8) is 0 Å². The standard InChI is InChI=1S/C34H42N8O3S/c1-3-29(43)42-15-13-41(14-16-42)26-20-23(19-25(21-26)40-11-9-39(10-12-40)24-6-17-44-18-7-24)32-37-33(45-38-32)34(2)8-4-5-28-30(34)27(22-35)31(36)46-28/h3,19-21,24H,1,4-18,36H2,2H3. The first kappa shape index (κ1) is 30.7. The molecule has 12 heteroatoms. The maximum atomic E-state index is 12.2. The number of carbonyl (C=O) groups excluding carboxylic acids is 1. The van der Waals surface area contributed by atoms with Gasteiger partial charge in [0.2, 0.25) is 17.6 Å². The van der Waals surface area contributed by atoms with Crippen molar-refractivity contribution < 1.29 is 14.1 Å². The van der Waals surface area contributed by atoms with Crippen molar-refractivity contribution in [1.29, 1.82) is 5.26 Å². The Bertz CT molecular complexity index is 1640. The molecule has 5 heterocycles. The fourth-order valence-electron chi connectivity index (χ4n) is 7.67. The van der Waals surface area contributed by atoms with Crippen LogP contribution in [0.4, 0.5) is 16.4 Å². The second kappa shape index (κ2) is 12.7. The fourth-order valence-corrected chi connectivity index (χ4v) is 8.86. The van der Waals surface area contributed by atoms with E-state index in [1.807, 2.05) is 4.90 Å². The number of carbonyl (C=O) groups is 1. The van der Waals surface area contributed by atoms with Gasteiger partial charge >= 0.3 is 0 Å². The van der Waals surface area contributed by atoms with Gasteiger partial charge in [0, 0.05) is 99.0 Å². The molecule has 0 radical (unpaired) electrons. The van der Waals surface area contributed by atoms with Crippen molar-refractivity contribution in [2.24, 2.45) is 0 Å². The fraction of sp³-hybridized carbons (Fsp3) is 0.529. The quantitative estimate of drug-likeness (QED) is 0.394. The molecule has 1 amide bonds. The number of anilines is 3. The molecule has 0 spiro atoms. The van der Waals surface area contributed by atoms with Crippen molar-refractivity contribution in [3.8, 4) is 17.5 Å². The monoisotopic (exact) mass is 642 g/mol. The van der Waals surface area contributed by atoms with Gasteiger partial charge in [0.1, 0.15) is 11.1 Å². The maximum absolute atomic E-state index is 12.2. The lowest BCUT2D eigenvalue weighted by molar-refractivity contribution is -0.126. The van der Waals surface area contributed by atoms with Gasteiger partial charge in [-0.1, -0.05) is 11.7 Å². The molecule has 1 aromatic carbocycles.